The summed E-state index contributed by atoms with van der Waals surface area (Å²) in [5, 5.41) is 13.4. The number of imidazole rings is 1. The zero-order valence-electron chi connectivity index (χ0n) is 32.7. The number of Topliss-reactive ketones (excluding diaryl/α,β-unsaturated/α-hetero) is 1. The van der Waals surface area contributed by atoms with E-state index >= 15 is 0 Å². The predicted molar refractivity (Wildman–Crippen MR) is 217 cm³/mol. The number of carbonyl (C=O) groups excluding carboxylic acids is 5. The van der Waals surface area contributed by atoms with Crippen molar-refractivity contribution in [3.05, 3.63) is 87.8 Å². The first-order valence-electron chi connectivity index (χ1n) is 18.9. The van der Waals surface area contributed by atoms with Crippen molar-refractivity contribution in [3.63, 3.8) is 0 Å². The lowest BCUT2D eigenvalue weighted by Gasteiger charge is -2.27. The number of amides is 4. The predicted octanol–water partition coefficient (Wildman–Crippen LogP) is 4.79. The van der Waals surface area contributed by atoms with Gasteiger partial charge < -0.3 is 41.0 Å². The van der Waals surface area contributed by atoms with Crippen LogP contribution in [0.1, 0.15) is 78.5 Å². The van der Waals surface area contributed by atoms with Gasteiger partial charge in [-0.2, -0.15) is 10.2 Å². The molecular weight excluding hydrogens is 717 g/mol. The standard InChI is InChI=1S/C40H52N10O6/c1-6-48(7-2)18-10-20-50(21-11-19-49(8-3)9-4)39(55)29-22-28(36(41)52)23-32(24-29)43-37(53)27-12-14-30(15-13-27)46-47-35(26(5)51)38(54)42-31-16-17-33-34(25-31)45-40(56)44-33/h12-17,22-25,35H,6-11,18-21H2,1-5H3,(H2,41,52)(H,42,54)(H,43,53)(H2,44,45,56). The molecule has 1 atom stereocenters. The van der Waals surface area contributed by atoms with E-state index in [0.717, 1.165) is 52.1 Å². The molecule has 0 saturated carbocycles. The van der Waals surface area contributed by atoms with Gasteiger partial charge in [-0.05, 0) is 120 Å². The minimum Gasteiger partial charge on any atom is -0.366 e. The molecule has 0 bridgehead atoms. The summed E-state index contributed by atoms with van der Waals surface area (Å²) in [6.45, 7) is 16.1. The maximum absolute atomic E-state index is 14.0. The molecule has 1 aromatic heterocycles. The maximum Gasteiger partial charge on any atom is 0.323 e. The summed E-state index contributed by atoms with van der Waals surface area (Å²) in [6.07, 6.45) is 1.57. The smallest absolute Gasteiger partial charge is 0.323 e. The normalized spacial score (nSPS) is 12.0. The van der Waals surface area contributed by atoms with E-state index in [1.165, 1.54) is 43.3 Å². The highest BCUT2D eigenvalue weighted by Gasteiger charge is 2.24. The van der Waals surface area contributed by atoms with Crippen LogP contribution in [-0.4, -0.2) is 112 Å². The average molecular weight is 769 g/mol. The van der Waals surface area contributed by atoms with Gasteiger partial charge in [0.15, 0.2) is 5.78 Å². The van der Waals surface area contributed by atoms with E-state index in [1.54, 1.807) is 29.2 Å². The number of nitrogens with one attached hydrogen (secondary N) is 4. The number of anilines is 2. The van der Waals surface area contributed by atoms with Gasteiger partial charge in [-0.1, -0.05) is 27.7 Å². The van der Waals surface area contributed by atoms with Crippen LogP contribution in [0.4, 0.5) is 17.1 Å². The molecule has 1 unspecified atom stereocenters. The summed E-state index contributed by atoms with van der Waals surface area (Å²) in [6, 6.07) is 13.7. The Morgan fingerprint density at radius 1 is 0.696 bits per heavy atom. The number of aromatic nitrogens is 2. The summed E-state index contributed by atoms with van der Waals surface area (Å²) in [5.41, 5.74) is 7.70. The molecule has 1 heterocycles. The second-order valence-corrected chi connectivity index (χ2v) is 13.3. The summed E-state index contributed by atoms with van der Waals surface area (Å²) in [4.78, 5) is 88.1. The average Bonchev–Trinajstić information content (AvgIpc) is 3.56. The van der Waals surface area contributed by atoms with E-state index in [-0.39, 0.29) is 34.0 Å². The highest BCUT2D eigenvalue weighted by atomic mass is 16.2. The van der Waals surface area contributed by atoms with E-state index in [0.29, 0.717) is 29.8 Å². The Bertz CT molecular complexity index is 2060. The minimum absolute atomic E-state index is 0.0807. The largest absolute Gasteiger partial charge is 0.366 e. The van der Waals surface area contributed by atoms with Crippen LogP contribution in [0, 0.1) is 0 Å². The van der Waals surface area contributed by atoms with Crippen molar-refractivity contribution in [1.29, 1.82) is 0 Å². The van der Waals surface area contributed by atoms with Gasteiger partial charge in [-0.15, -0.1) is 0 Å². The van der Waals surface area contributed by atoms with E-state index < -0.39 is 35.2 Å². The third-order valence-electron chi connectivity index (χ3n) is 9.44. The molecule has 4 aromatic rings. The number of benzene rings is 3. The molecule has 6 N–H and O–H groups in total. The number of carbonyl (C=O) groups is 5. The van der Waals surface area contributed by atoms with Crippen molar-refractivity contribution in [2.75, 3.05) is 63.0 Å². The lowest BCUT2D eigenvalue weighted by atomic mass is 10.1. The van der Waals surface area contributed by atoms with Crippen molar-refractivity contribution in [2.45, 2.75) is 53.5 Å². The number of ketones is 1. The minimum atomic E-state index is -1.45. The first-order chi connectivity index (χ1) is 26.8. The SMILES string of the molecule is CCN(CC)CCCN(CCCN(CC)CC)C(=O)c1cc(NC(=O)c2ccc(N=NC(C(C)=O)C(=O)Nc3ccc4[nH]c(=O)[nH]c4c3)cc2)cc(C(N)=O)c1. The molecule has 0 aliphatic heterocycles. The molecule has 4 rings (SSSR count). The number of fused-ring (bicyclic) bond motifs is 1. The second-order valence-electron chi connectivity index (χ2n) is 13.3. The summed E-state index contributed by atoms with van der Waals surface area (Å²) in [7, 11) is 0. The quantitative estimate of drug-likeness (QED) is 0.0585. The van der Waals surface area contributed by atoms with Crippen molar-refractivity contribution in [1.82, 2.24) is 24.7 Å². The molecule has 298 valence electrons. The summed E-state index contributed by atoms with van der Waals surface area (Å²) < 4.78 is 0. The first kappa shape index (κ1) is 42.7. The van der Waals surface area contributed by atoms with Crippen LogP contribution in [0.2, 0.25) is 0 Å². The number of nitrogens with zero attached hydrogens (tertiary/aromatic N) is 5. The Morgan fingerprint density at radius 3 is 1.86 bits per heavy atom. The highest BCUT2D eigenvalue weighted by Crippen LogP contribution is 2.21. The Morgan fingerprint density at radius 2 is 1.29 bits per heavy atom. The van der Waals surface area contributed by atoms with Crippen molar-refractivity contribution < 1.29 is 24.0 Å². The topological polar surface area (TPSA) is 219 Å². The Kier molecular flexibility index (Phi) is 15.7. The first-order valence-corrected chi connectivity index (χ1v) is 18.9. The molecule has 0 aliphatic carbocycles. The number of hydrogen-bond acceptors (Lipinski definition) is 10. The Labute approximate surface area is 325 Å². The molecule has 0 radical (unpaired) electrons. The van der Waals surface area contributed by atoms with Crippen LogP contribution in [-0.2, 0) is 9.59 Å². The molecule has 56 heavy (non-hydrogen) atoms. The molecule has 0 spiro atoms. The summed E-state index contributed by atoms with van der Waals surface area (Å²) >= 11 is 0. The lowest BCUT2D eigenvalue weighted by molar-refractivity contribution is -0.126. The number of nitrogens with two attached hydrogens (primary N) is 1. The molecule has 16 nitrogen and oxygen atoms in total. The summed E-state index contributed by atoms with van der Waals surface area (Å²) in [5.74, 6) is -2.78. The van der Waals surface area contributed by atoms with Gasteiger partial charge in [0.25, 0.3) is 17.7 Å². The van der Waals surface area contributed by atoms with Gasteiger partial charge in [-0.25, -0.2) is 4.79 Å². The fourth-order valence-electron chi connectivity index (χ4n) is 6.16. The molecule has 4 amide bonds. The number of H-pyrrole nitrogens is 2. The van der Waals surface area contributed by atoms with Crippen LogP contribution in [0.15, 0.2) is 75.7 Å². The third-order valence-corrected chi connectivity index (χ3v) is 9.44. The van der Waals surface area contributed by atoms with Gasteiger partial charge in [0.2, 0.25) is 11.9 Å². The Balaban J connectivity index is 1.46. The zero-order chi connectivity index (χ0) is 40.8. The van der Waals surface area contributed by atoms with E-state index in [9.17, 15) is 28.8 Å². The Hall–Kier alpha value is -6.00. The molecular formula is C40H52N10O6. The number of azo groups is 1. The van der Waals surface area contributed by atoms with Crippen LogP contribution in [0.25, 0.3) is 11.0 Å². The van der Waals surface area contributed by atoms with Crippen molar-refractivity contribution >= 4 is 57.5 Å². The molecule has 0 saturated heterocycles. The van der Waals surface area contributed by atoms with Crippen LogP contribution in [0.5, 0.6) is 0 Å². The van der Waals surface area contributed by atoms with Crippen molar-refractivity contribution in [2.24, 2.45) is 16.0 Å². The van der Waals surface area contributed by atoms with Gasteiger partial charge in [-0.3, -0.25) is 24.0 Å². The van der Waals surface area contributed by atoms with Crippen molar-refractivity contribution in [3.8, 4) is 0 Å². The number of hydrogen-bond donors (Lipinski definition) is 5. The highest BCUT2D eigenvalue weighted by molar-refractivity contribution is 6.10. The maximum atomic E-state index is 14.0. The van der Waals surface area contributed by atoms with Gasteiger partial charge in [0.1, 0.15) is 0 Å². The van der Waals surface area contributed by atoms with Gasteiger partial charge in [0, 0.05) is 41.2 Å². The molecule has 0 fully saturated rings. The lowest BCUT2D eigenvalue weighted by Crippen LogP contribution is -2.37. The van der Waals surface area contributed by atoms with Gasteiger partial charge in [0.05, 0.1) is 16.7 Å². The van der Waals surface area contributed by atoms with E-state index in [2.05, 4.69) is 68.3 Å². The fourth-order valence-corrected chi connectivity index (χ4v) is 6.16. The second kappa shape index (κ2) is 20.6. The van der Waals surface area contributed by atoms with Gasteiger partial charge >= 0.3 is 5.69 Å². The van der Waals surface area contributed by atoms with E-state index in [1.807, 2.05) is 0 Å². The fraction of sp³-hybridized carbons (Fsp3) is 0.400. The van der Waals surface area contributed by atoms with Crippen LogP contribution >= 0.6 is 0 Å². The van der Waals surface area contributed by atoms with Crippen LogP contribution < -0.4 is 22.1 Å². The third kappa shape index (κ3) is 12.0. The number of rotatable bonds is 21. The monoisotopic (exact) mass is 768 g/mol. The van der Waals surface area contributed by atoms with Crippen LogP contribution in [0.3, 0.4) is 0 Å². The molecule has 0 aliphatic rings. The zero-order valence-corrected chi connectivity index (χ0v) is 32.7. The van der Waals surface area contributed by atoms with E-state index in [4.69, 9.17) is 5.73 Å². The molecule has 16 heteroatoms. The molecule has 3 aromatic carbocycles. The number of aromatic amines is 2. The number of primary amides is 1.